The van der Waals surface area contributed by atoms with E-state index >= 15 is 0 Å². The van der Waals surface area contributed by atoms with Crippen LogP contribution >= 0.6 is 0 Å². The fraction of sp³-hybridized carbons (Fsp3) is 0.800. The summed E-state index contributed by atoms with van der Waals surface area (Å²) in [5.74, 6) is 0.170. The molecule has 4 heteroatoms. The summed E-state index contributed by atoms with van der Waals surface area (Å²) in [6.45, 7) is 2.65. The Bertz CT molecular complexity index is 215. The number of ether oxygens (including phenoxy) is 1. The van der Waals surface area contributed by atoms with E-state index in [2.05, 4.69) is 4.74 Å². The van der Waals surface area contributed by atoms with Gasteiger partial charge < -0.3 is 4.74 Å². The molecule has 14 heavy (non-hydrogen) atoms. The number of nitrogens with zero attached hydrogens (tertiary/aromatic N) is 1. The van der Waals surface area contributed by atoms with Crippen molar-refractivity contribution >= 4 is 11.9 Å². The molecule has 4 nitrogen and oxygen atoms in total. The Kier molecular flexibility index (Phi) is 3.92. The summed E-state index contributed by atoms with van der Waals surface area (Å²) in [6, 6.07) is -0.249. The zero-order valence-electron chi connectivity index (χ0n) is 8.78. The maximum absolute atomic E-state index is 11.6. The molecule has 0 aromatic heterocycles. The van der Waals surface area contributed by atoms with Crippen LogP contribution in [0.25, 0.3) is 0 Å². The third-order valence-corrected chi connectivity index (χ3v) is 2.54. The molecule has 1 fully saturated rings. The van der Waals surface area contributed by atoms with Crippen molar-refractivity contribution in [1.82, 2.24) is 4.90 Å². The van der Waals surface area contributed by atoms with Crippen molar-refractivity contribution in [2.45, 2.75) is 38.6 Å². The Hall–Kier alpha value is -1.06. The predicted octanol–water partition coefficient (Wildman–Crippen LogP) is 1.59. The molecule has 0 radical (unpaired) electrons. The number of hydrogen-bond acceptors (Lipinski definition) is 3. The first-order valence-electron chi connectivity index (χ1n) is 5.08. The number of rotatable bonds is 2. The van der Waals surface area contributed by atoms with Gasteiger partial charge >= 0.3 is 6.09 Å². The normalized spacial score (nSPS) is 22.3. The van der Waals surface area contributed by atoms with Crippen LogP contribution in [0.1, 0.15) is 32.6 Å². The molecule has 0 spiro atoms. The molecule has 1 atom stereocenters. The monoisotopic (exact) mass is 199 g/mol. The highest BCUT2D eigenvalue weighted by Crippen LogP contribution is 2.18. The van der Waals surface area contributed by atoms with Gasteiger partial charge in [-0.05, 0) is 12.8 Å². The number of methoxy groups -OCH3 is 1. The fourth-order valence-electron chi connectivity index (χ4n) is 1.85. The summed E-state index contributed by atoms with van der Waals surface area (Å²) in [6.07, 6.45) is 2.63. The fourth-order valence-corrected chi connectivity index (χ4v) is 1.85. The smallest absolute Gasteiger partial charge is 0.410 e. The molecule has 80 valence electrons. The lowest BCUT2D eigenvalue weighted by Gasteiger charge is -2.33. The lowest BCUT2D eigenvalue weighted by Crippen LogP contribution is -2.48. The van der Waals surface area contributed by atoms with Crippen molar-refractivity contribution in [1.29, 1.82) is 0 Å². The van der Waals surface area contributed by atoms with E-state index in [0.29, 0.717) is 13.0 Å². The van der Waals surface area contributed by atoms with Gasteiger partial charge in [-0.15, -0.1) is 0 Å². The standard InChI is InChI=1S/C10H17NO3/c1-3-5-8-9(12)6-4-7-11(8)10(13)14-2/h8H,3-7H2,1-2H3/t8-/m1/s1. The molecule has 1 saturated heterocycles. The van der Waals surface area contributed by atoms with E-state index in [1.807, 2.05) is 6.92 Å². The summed E-state index contributed by atoms with van der Waals surface area (Å²) in [4.78, 5) is 24.5. The van der Waals surface area contributed by atoms with Crippen LogP contribution in [0, 0.1) is 0 Å². The molecule has 0 N–H and O–H groups in total. The lowest BCUT2D eigenvalue weighted by atomic mass is 9.97. The molecule has 0 saturated carbocycles. The maximum atomic E-state index is 11.6. The van der Waals surface area contributed by atoms with Gasteiger partial charge in [0.2, 0.25) is 0 Å². The quantitative estimate of drug-likeness (QED) is 0.678. The second-order valence-corrected chi connectivity index (χ2v) is 3.54. The van der Waals surface area contributed by atoms with Gasteiger partial charge in [-0.1, -0.05) is 13.3 Å². The summed E-state index contributed by atoms with van der Waals surface area (Å²) in [5, 5.41) is 0. The second-order valence-electron chi connectivity index (χ2n) is 3.54. The Morgan fingerprint density at radius 3 is 2.93 bits per heavy atom. The number of carbonyl (C=O) groups excluding carboxylic acids is 2. The van der Waals surface area contributed by atoms with Gasteiger partial charge in [0.25, 0.3) is 0 Å². The predicted molar refractivity (Wildman–Crippen MR) is 52.0 cm³/mol. The molecule has 0 aromatic carbocycles. The number of likely N-dealkylation sites (tertiary alicyclic amines) is 1. The van der Waals surface area contributed by atoms with Crippen LogP contribution in [-0.2, 0) is 9.53 Å². The van der Waals surface area contributed by atoms with Crippen LogP contribution in [0.4, 0.5) is 4.79 Å². The topological polar surface area (TPSA) is 46.6 Å². The second kappa shape index (κ2) is 4.98. The summed E-state index contributed by atoms with van der Waals surface area (Å²) < 4.78 is 4.65. The van der Waals surface area contributed by atoms with Gasteiger partial charge in [0.1, 0.15) is 0 Å². The zero-order valence-corrected chi connectivity index (χ0v) is 8.78. The van der Waals surface area contributed by atoms with Crippen molar-refractivity contribution in [3.05, 3.63) is 0 Å². The average Bonchev–Trinajstić information content (AvgIpc) is 2.20. The van der Waals surface area contributed by atoms with E-state index in [1.165, 1.54) is 7.11 Å². The number of carbonyl (C=O) groups is 2. The van der Waals surface area contributed by atoms with Crippen LogP contribution in [0.3, 0.4) is 0 Å². The first kappa shape index (κ1) is 11.0. The molecular weight excluding hydrogens is 182 g/mol. The Labute approximate surface area is 84.2 Å². The molecule has 1 amide bonds. The Morgan fingerprint density at radius 2 is 2.36 bits per heavy atom. The number of Topliss-reactive ketones (excluding diaryl/α,β-unsaturated/α-hetero) is 1. The van der Waals surface area contributed by atoms with Crippen molar-refractivity contribution in [3.63, 3.8) is 0 Å². The summed E-state index contributed by atoms with van der Waals surface area (Å²) >= 11 is 0. The van der Waals surface area contributed by atoms with Crippen LogP contribution in [0.2, 0.25) is 0 Å². The van der Waals surface area contributed by atoms with E-state index in [4.69, 9.17) is 0 Å². The van der Waals surface area contributed by atoms with Gasteiger partial charge in [0.15, 0.2) is 5.78 Å². The minimum absolute atomic E-state index is 0.170. The van der Waals surface area contributed by atoms with E-state index in [9.17, 15) is 9.59 Å². The average molecular weight is 199 g/mol. The van der Waals surface area contributed by atoms with Gasteiger partial charge in [-0.2, -0.15) is 0 Å². The van der Waals surface area contributed by atoms with E-state index < -0.39 is 0 Å². The maximum Gasteiger partial charge on any atom is 0.410 e. The largest absolute Gasteiger partial charge is 0.453 e. The minimum Gasteiger partial charge on any atom is -0.453 e. The molecule has 0 unspecified atom stereocenters. The van der Waals surface area contributed by atoms with E-state index in [0.717, 1.165) is 19.3 Å². The number of hydrogen-bond donors (Lipinski definition) is 0. The zero-order chi connectivity index (χ0) is 10.6. The van der Waals surface area contributed by atoms with Gasteiger partial charge in [-0.25, -0.2) is 4.79 Å². The van der Waals surface area contributed by atoms with Crippen LogP contribution in [0.15, 0.2) is 0 Å². The molecule has 1 rings (SSSR count). The number of amides is 1. The highest BCUT2D eigenvalue weighted by molar-refractivity contribution is 5.88. The van der Waals surface area contributed by atoms with Crippen LogP contribution in [-0.4, -0.2) is 36.5 Å². The molecule has 1 aliphatic rings. The van der Waals surface area contributed by atoms with Crippen molar-refractivity contribution in [2.24, 2.45) is 0 Å². The van der Waals surface area contributed by atoms with Crippen LogP contribution in [0.5, 0.6) is 0 Å². The first-order valence-corrected chi connectivity index (χ1v) is 5.08. The summed E-state index contributed by atoms with van der Waals surface area (Å²) in [7, 11) is 1.35. The lowest BCUT2D eigenvalue weighted by molar-refractivity contribution is -0.126. The first-order chi connectivity index (χ1) is 6.70. The molecule has 1 aliphatic heterocycles. The summed E-state index contributed by atoms with van der Waals surface area (Å²) in [5.41, 5.74) is 0. The number of ketones is 1. The molecule has 1 heterocycles. The Balaban J connectivity index is 2.69. The Morgan fingerprint density at radius 1 is 1.64 bits per heavy atom. The van der Waals surface area contributed by atoms with E-state index in [-0.39, 0.29) is 17.9 Å². The number of piperidine rings is 1. The molecule has 0 aromatic rings. The van der Waals surface area contributed by atoms with Crippen molar-refractivity contribution in [2.75, 3.05) is 13.7 Å². The molecule has 0 aliphatic carbocycles. The van der Waals surface area contributed by atoms with Gasteiger partial charge in [0, 0.05) is 13.0 Å². The van der Waals surface area contributed by atoms with Crippen molar-refractivity contribution in [3.8, 4) is 0 Å². The highest BCUT2D eigenvalue weighted by atomic mass is 16.5. The highest BCUT2D eigenvalue weighted by Gasteiger charge is 2.32. The van der Waals surface area contributed by atoms with Gasteiger partial charge in [0.05, 0.1) is 13.2 Å². The third kappa shape index (κ3) is 2.25. The van der Waals surface area contributed by atoms with E-state index in [1.54, 1.807) is 4.90 Å². The van der Waals surface area contributed by atoms with Crippen molar-refractivity contribution < 1.29 is 14.3 Å². The third-order valence-electron chi connectivity index (χ3n) is 2.54. The SMILES string of the molecule is CCC[C@@H]1C(=O)CCCN1C(=O)OC. The molecule has 0 bridgehead atoms. The minimum atomic E-state index is -0.378. The van der Waals surface area contributed by atoms with Crippen LogP contribution < -0.4 is 0 Å². The molecular formula is C10H17NO3. The van der Waals surface area contributed by atoms with Gasteiger partial charge in [-0.3, -0.25) is 9.69 Å².